The third-order valence-corrected chi connectivity index (χ3v) is 3.46. The number of carboxylic acid groups (broad SMARTS) is 1. The number of nitrogens with zero attached hydrogens (tertiary/aromatic N) is 3. The Morgan fingerprint density at radius 1 is 1.52 bits per heavy atom. The maximum Gasteiger partial charge on any atom is 0.354 e. The van der Waals surface area contributed by atoms with Gasteiger partial charge in [-0.2, -0.15) is 5.10 Å². The van der Waals surface area contributed by atoms with E-state index >= 15 is 0 Å². The van der Waals surface area contributed by atoms with E-state index in [9.17, 15) is 24.8 Å². The molecule has 1 atom stereocenters. The molecule has 1 aliphatic rings. The van der Waals surface area contributed by atoms with E-state index in [1.54, 1.807) is 6.92 Å². The summed E-state index contributed by atoms with van der Waals surface area (Å²) in [5.41, 5.74) is -1.56. The number of aliphatic carboxylic acids is 1. The predicted octanol–water partition coefficient (Wildman–Crippen LogP) is 1.57. The molecule has 2 rings (SSSR count). The molecule has 0 saturated heterocycles. The normalized spacial score (nSPS) is 20.1. The van der Waals surface area contributed by atoms with Crippen LogP contribution in [-0.2, 0) is 14.3 Å². The fourth-order valence-electron chi connectivity index (χ4n) is 2.24. The summed E-state index contributed by atoms with van der Waals surface area (Å²) in [6.45, 7) is 3.16. The van der Waals surface area contributed by atoms with Crippen molar-refractivity contribution in [3.63, 3.8) is 0 Å². The molecular formula is C14H15N3O6. The lowest BCUT2D eigenvalue weighted by Gasteiger charge is -2.29. The number of carbonyl (C=O) groups is 2. The molecule has 122 valence electrons. The number of esters is 1. The average Bonchev–Trinajstić information content (AvgIpc) is 2.87. The van der Waals surface area contributed by atoms with Gasteiger partial charge in [-0.05, 0) is 19.9 Å². The number of rotatable bonds is 5. The first kappa shape index (κ1) is 16.4. The topological polar surface area (TPSA) is 122 Å². The number of hydrogen-bond acceptors (Lipinski definition) is 7. The maximum atomic E-state index is 11.8. The molecule has 0 aromatic heterocycles. The fraction of sp³-hybridized carbons (Fsp3) is 0.357. The Kier molecular flexibility index (Phi) is 4.30. The molecule has 1 aromatic carbocycles. The summed E-state index contributed by atoms with van der Waals surface area (Å²) in [6.07, 6.45) is -0.163. The summed E-state index contributed by atoms with van der Waals surface area (Å²) in [5, 5.41) is 25.5. The number of hydrogen-bond donors (Lipinski definition) is 1. The summed E-state index contributed by atoms with van der Waals surface area (Å²) < 4.78 is 4.85. The predicted molar refractivity (Wildman–Crippen MR) is 80.3 cm³/mol. The lowest BCUT2D eigenvalue weighted by molar-refractivity contribution is -0.384. The third kappa shape index (κ3) is 2.98. The number of benzene rings is 1. The Labute approximate surface area is 131 Å². The molecule has 0 saturated carbocycles. The summed E-state index contributed by atoms with van der Waals surface area (Å²) in [5.74, 6) is -1.90. The molecule has 0 amide bonds. The molecule has 0 spiro atoms. The van der Waals surface area contributed by atoms with Crippen molar-refractivity contribution < 1.29 is 24.4 Å². The minimum Gasteiger partial charge on any atom is -0.479 e. The van der Waals surface area contributed by atoms with Crippen molar-refractivity contribution in [1.29, 1.82) is 0 Å². The van der Waals surface area contributed by atoms with Gasteiger partial charge in [-0.15, -0.1) is 0 Å². The van der Waals surface area contributed by atoms with E-state index in [0.717, 1.165) is 5.01 Å². The molecule has 0 fully saturated rings. The first-order valence-electron chi connectivity index (χ1n) is 6.82. The van der Waals surface area contributed by atoms with Crippen LogP contribution >= 0.6 is 0 Å². The molecule has 1 aliphatic heterocycles. The van der Waals surface area contributed by atoms with Crippen molar-refractivity contribution >= 4 is 29.0 Å². The van der Waals surface area contributed by atoms with Crippen LogP contribution in [0.2, 0.25) is 0 Å². The number of anilines is 1. The van der Waals surface area contributed by atoms with Crippen molar-refractivity contribution in [2.24, 2.45) is 5.10 Å². The first-order chi connectivity index (χ1) is 10.8. The highest BCUT2D eigenvalue weighted by atomic mass is 16.6. The molecule has 1 unspecified atom stereocenters. The molecule has 0 radical (unpaired) electrons. The van der Waals surface area contributed by atoms with Gasteiger partial charge < -0.3 is 9.84 Å². The standard InChI is InChI=1S/C14H15N3O6/c1-3-23-12(18)11-8-14(2,13(19)20)16(15-11)9-5-4-6-10(7-9)17(21)22/h4-7H,3,8H2,1-2H3,(H,19,20). The minimum absolute atomic E-state index is 0.0387. The molecule has 9 nitrogen and oxygen atoms in total. The zero-order valence-corrected chi connectivity index (χ0v) is 12.6. The second-order valence-electron chi connectivity index (χ2n) is 5.11. The highest BCUT2D eigenvalue weighted by Crippen LogP contribution is 2.35. The van der Waals surface area contributed by atoms with Crippen LogP contribution in [0.1, 0.15) is 20.3 Å². The number of nitro groups is 1. The van der Waals surface area contributed by atoms with Crippen LogP contribution in [0.4, 0.5) is 11.4 Å². The average molecular weight is 321 g/mol. The molecule has 1 aromatic rings. The van der Waals surface area contributed by atoms with E-state index in [1.165, 1.54) is 31.2 Å². The van der Waals surface area contributed by atoms with Crippen LogP contribution < -0.4 is 5.01 Å². The number of non-ortho nitro benzene ring substituents is 1. The number of hydrazone groups is 1. The van der Waals surface area contributed by atoms with E-state index in [1.807, 2.05) is 0 Å². The molecular weight excluding hydrogens is 306 g/mol. The Hall–Kier alpha value is -2.97. The van der Waals surface area contributed by atoms with Crippen molar-refractivity contribution in [3.8, 4) is 0 Å². The monoisotopic (exact) mass is 321 g/mol. The molecule has 0 bridgehead atoms. The number of carboxylic acids is 1. The Morgan fingerprint density at radius 3 is 2.78 bits per heavy atom. The highest BCUT2D eigenvalue weighted by molar-refractivity contribution is 6.38. The molecule has 0 aliphatic carbocycles. The summed E-state index contributed by atoms with van der Waals surface area (Å²) in [4.78, 5) is 33.8. The number of carbonyl (C=O) groups excluding carboxylic acids is 1. The second kappa shape index (κ2) is 6.03. The quantitative estimate of drug-likeness (QED) is 0.496. The molecule has 1 N–H and O–H groups in total. The minimum atomic E-state index is -1.53. The van der Waals surface area contributed by atoms with Crippen LogP contribution in [0.15, 0.2) is 29.4 Å². The third-order valence-electron chi connectivity index (χ3n) is 3.46. The Morgan fingerprint density at radius 2 is 2.22 bits per heavy atom. The smallest absolute Gasteiger partial charge is 0.354 e. The maximum absolute atomic E-state index is 11.8. The van der Waals surface area contributed by atoms with Gasteiger partial charge in [-0.1, -0.05) is 6.07 Å². The van der Waals surface area contributed by atoms with Crippen LogP contribution in [0.3, 0.4) is 0 Å². The zero-order valence-electron chi connectivity index (χ0n) is 12.6. The van der Waals surface area contributed by atoms with Gasteiger partial charge in [0.2, 0.25) is 0 Å². The van der Waals surface area contributed by atoms with Crippen molar-refractivity contribution in [2.45, 2.75) is 25.8 Å². The molecule has 23 heavy (non-hydrogen) atoms. The van der Waals surface area contributed by atoms with Crippen molar-refractivity contribution in [1.82, 2.24) is 0 Å². The van der Waals surface area contributed by atoms with Crippen LogP contribution in [0.5, 0.6) is 0 Å². The molecule has 9 heteroatoms. The van der Waals surface area contributed by atoms with Gasteiger partial charge in [0.15, 0.2) is 5.54 Å². The second-order valence-corrected chi connectivity index (χ2v) is 5.11. The van der Waals surface area contributed by atoms with Crippen LogP contribution in [-0.4, -0.2) is 39.8 Å². The van der Waals surface area contributed by atoms with Gasteiger partial charge in [0.25, 0.3) is 5.69 Å². The van der Waals surface area contributed by atoms with E-state index in [-0.39, 0.29) is 30.1 Å². The largest absolute Gasteiger partial charge is 0.479 e. The summed E-state index contributed by atoms with van der Waals surface area (Å²) in [7, 11) is 0. The summed E-state index contributed by atoms with van der Waals surface area (Å²) >= 11 is 0. The van der Waals surface area contributed by atoms with Crippen LogP contribution in [0.25, 0.3) is 0 Å². The van der Waals surface area contributed by atoms with Gasteiger partial charge in [0.05, 0.1) is 17.2 Å². The van der Waals surface area contributed by atoms with Gasteiger partial charge in [0, 0.05) is 18.6 Å². The van der Waals surface area contributed by atoms with Gasteiger partial charge in [-0.3, -0.25) is 10.1 Å². The Balaban J connectivity index is 2.47. The lowest BCUT2D eigenvalue weighted by Crippen LogP contribution is -2.47. The van der Waals surface area contributed by atoms with Crippen LogP contribution in [0, 0.1) is 10.1 Å². The summed E-state index contributed by atoms with van der Waals surface area (Å²) in [6, 6.07) is 5.41. The highest BCUT2D eigenvalue weighted by Gasteiger charge is 2.48. The van der Waals surface area contributed by atoms with Gasteiger partial charge in [-0.25, -0.2) is 14.6 Å². The van der Waals surface area contributed by atoms with E-state index in [0.29, 0.717) is 0 Å². The molecule has 1 heterocycles. The lowest BCUT2D eigenvalue weighted by atomic mass is 9.95. The Bertz CT molecular complexity index is 702. The van der Waals surface area contributed by atoms with Gasteiger partial charge in [0.1, 0.15) is 5.71 Å². The van der Waals surface area contributed by atoms with E-state index in [2.05, 4.69) is 5.10 Å². The fourth-order valence-corrected chi connectivity index (χ4v) is 2.24. The van der Waals surface area contributed by atoms with Crippen molar-refractivity contribution in [3.05, 3.63) is 34.4 Å². The SMILES string of the molecule is CCOC(=O)C1=NN(c2cccc([N+](=O)[O-])c2)C(C)(C(=O)O)C1. The number of nitro benzene ring substituents is 1. The van der Waals surface area contributed by atoms with Gasteiger partial charge >= 0.3 is 11.9 Å². The van der Waals surface area contributed by atoms with E-state index in [4.69, 9.17) is 4.74 Å². The first-order valence-corrected chi connectivity index (χ1v) is 6.82. The zero-order chi connectivity index (χ0) is 17.2. The van der Waals surface area contributed by atoms with Crippen molar-refractivity contribution in [2.75, 3.05) is 11.6 Å². The number of ether oxygens (including phenoxy) is 1. The van der Waals surface area contributed by atoms with E-state index < -0.39 is 22.4 Å².